The number of halogens is 1. The summed E-state index contributed by atoms with van der Waals surface area (Å²) in [5.74, 6) is 1.18. The fraction of sp³-hybridized carbons (Fsp3) is 0.409. The number of amides is 1. The van der Waals surface area contributed by atoms with E-state index in [4.69, 9.17) is 14.2 Å². The van der Waals surface area contributed by atoms with Crippen molar-refractivity contribution in [2.24, 2.45) is 0 Å². The maximum atomic E-state index is 13.1. The lowest BCUT2D eigenvalue weighted by Gasteiger charge is -2.33. The number of carbonyl (C=O) groups is 1. The van der Waals surface area contributed by atoms with Crippen molar-refractivity contribution in [2.45, 2.75) is 19.1 Å². The summed E-state index contributed by atoms with van der Waals surface area (Å²) in [6, 6.07) is 11.7. The summed E-state index contributed by atoms with van der Waals surface area (Å²) < 4.78 is 29.6. The molecule has 0 spiro atoms. The first kappa shape index (κ1) is 21.1. The van der Waals surface area contributed by atoms with Gasteiger partial charge in [-0.3, -0.25) is 4.79 Å². The predicted octanol–water partition coefficient (Wildman–Crippen LogP) is 3.09. The number of nitrogens with one attached hydrogen (secondary N) is 1. The van der Waals surface area contributed by atoms with Gasteiger partial charge in [0.25, 0.3) is 0 Å². The second-order valence-electron chi connectivity index (χ2n) is 6.96. The SMILES string of the molecule is COc1ccc(OC)c(C(C)NCC(=O)N2CCOC(c3ccc(F)cc3)C2)c1. The fourth-order valence-corrected chi connectivity index (χ4v) is 3.39. The molecule has 1 heterocycles. The number of morpholine rings is 1. The molecular formula is C22H27FN2O4. The molecule has 7 heteroatoms. The minimum absolute atomic E-state index is 0.00544. The molecule has 3 rings (SSSR count). The van der Waals surface area contributed by atoms with Gasteiger partial charge in [0.05, 0.1) is 33.9 Å². The number of nitrogens with zero attached hydrogens (tertiary/aromatic N) is 1. The van der Waals surface area contributed by atoms with Crippen LogP contribution in [-0.2, 0) is 9.53 Å². The summed E-state index contributed by atoms with van der Waals surface area (Å²) in [5.41, 5.74) is 1.79. The van der Waals surface area contributed by atoms with Crippen molar-refractivity contribution in [3.8, 4) is 11.5 Å². The largest absolute Gasteiger partial charge is 0.497 e. The van der Waals surface area contributed by atoms with Crippen LogP contribution in [-0.4, -0.2) is 51.3 Å². The second kappa shape index (κ2) is 9.71. The maximum absolute atomic E-state index is 13.1. The van der Waals surface area contributed by atoms with Crippen molar-refractivity contribution in [1.29, 1.82) is 0 Å². The van der Waals surface area contributed by atoms with Crippen LogP contribution in [0, 0.1) is 5.82 Å². The third-order valence-corrected chi connectivity index (χ3v) is 5.12. The average Bonchev–Trinajstić information content (AvgIpc) is 2.77. The van der Waals surface area contributed by atoms with E-state index in [2.05, 4.69) is 5.32 Å². The van der Waals surface area contributed by atoms with Gasteiger partial charge in [0.2, 0.25) is 5.91 Å². The van der Waals surface area contributed by atoms with Crippen molar-refractivity contribution in [1.82, 2.24) is 10.2 Å². The Morgan fingerprint density at radius 3 is 2.69 bits per heavy atom. The van der Waals surface area contributed by atoms with Crippen LogP contribution < -0.4 is 14.8 Å². The van der Waals surface area contributed by atoms with Crippen LogP contribution in [0.3, 0.4) is 0 Å². The highest BCUT2D eigenvalue weighted by atomic mass is 19.1. The van der Waals surface area contributed by atoms with E-state index in [9.17, 15) is 9.18 Å². The number of rotatable bonds is 7. The van der Waals surface area contributed by atoms with Gasteiger partial charge in [-0.25, -0.2) is 4.39 Å². The average molecular weight is 402 g/mol. The molecule has 0 bridgehead atoms. The zero-order chi connectivity index (χ0) is 20.8. The van der Waals surface area contributed by atoms with Gasteiger partial charge >= 0.3 is 0 Å². The summed E-state index contributed by atoms with van der Waals surface area (Å²) in [6.07, 6.45) is -0.246. The van der Waals surface area contributed by atoms with Crippen LogP contribution in [0.15, 0.2) is 42.5 Å². The predicted molar refractivity (Wildman–Crippen MR) is 108 cm³/mol. The zero-order valence-electron chi connectivity index (χ0n) is 17.0. The second-order valence-corrected chi connectivity index (χ2v) is 6.96. The van der Waals surface area contributed by atoms with Crippen LogP contribution in [0.4, 0.5) is 4.39 Å². The van der Waals surface area contributed by atoms with E-state index in [0.29, 0.717) is 19.7 Å². The number of hydrogen-bond donors (Lipinski definition) is 1. The molecule has 29 heavy (non-hydrogen) atoms. The number of methoxy groups -OCH3 is 2. The molecule has 6 nitrogen and oxygen atoms in total. The van der Waals surface area contributed by atoms with Crippen molar-refractivity contribution >= 4 is 5.91 Å². The Morgan fingerprint density at radius 2 is 2.00 bits per heavy atom. The molecule has 0 saturated carbocycles. The minimum atomic E-state index is -0.288. The van der Waals surface area contributed by atoms with E-state index in [1.807, 2.05) is 25.1 Å². The van der Waals surface area contributed by atoms with Gasteiger partial charge in [-0.05, 0) is 42.8 Å². The number of hydrogen-bond acceptors (Lipinski definition) is 5. The Morgan fingerprint density at radius 1 is 1.24 bits per heavy atom. The Kier molecular flexibility index (Phi) is 7.06. The third kappa shape index (κ3) is 5.25. The molecule has 1 aliphatic heterocycles. The quantitative estimate of drug-likeness (QED) is 0.771. The van der Waals surface area contributed by atoms with Crippen molar-refractivity contribution in [3.05, 3.63) is 59.4 Å². The zero-order valence-corrected chi connectivity index (χ0v) is 17.0. The third-order valence-electron chi connectivity index (χ3n) is 5.12. The Balaban J connectivity index is 1.59. The van der Waals surface area contributed by atoms with Gasteiger partial charge in [0.1, 0.15) is 23.4 Å². The lowest BCUT2D eigenvalue weighted by atomic mass is 10.1. The van der Waals surface area contributed by atoms with E-state index in [-0.39, 0.29) is 30.4 Å². The molecule has 2 atom stereocenters. The first-order valence-corrected chi connectivity index (χ1v) is 9.62. The molecule has 1 saturated heterocycles. The van der Waals surface area contributed by atoms with E-state index < -0.39 is 0 Å². The van der Waals surface area contributed by atoms with Crippen LogP contribution in [0.2, 0.25) is 0 Å². The highest BCUT2D eigenvalue weighted by molar-refractivity contribution is 5.78. The van der Waals surface area contributed by atoms with E-state index in [0.717, 1.165) is 22.6 Å². The maximum Gasteiger partial charge on any atom is 0.236 e. The Bertz CT molecular complexity index is 828. The van der Waals surface area contributed by atoms with Crippen molar-refractivity contribution in [3.63, 3.8) is 0 Å². The standard InChI is InChI=1S/C22H27FN2O4/c1-15(19-12-18(27-2)8-9-20(19)28-3)24-13-22(26)25-10-11-29-21(14-25)16-4-6-17(23)7-5-16/h4-9,12,15,21,24H,10-11,13-14H2,1-3H3. The van der Waals surface area contributed by atoms with E-state index >= 15 is 0 Å². The van der Waals surface area contributed by atoms with Gasteiger partial charge in [-0.1, -0.05) is 12.1 Å². The molecule has 2 aromatic carbocycles. The van der Waals surface area contributed by atoms with Crippen molar-refractivity contribution in [2.75, 3.05) is 40.5 Å². The molecule has 1 fully saturated rings. The van der Waals surface area contributed by atoms with E-state index in [1.165, 1.54) is 12.1 Å². The molecule has 2 aromatic rings. The summed E-state index contributed by atoms with van der Waals surface area (Å²) in [6.45, 7) is 3.61. The van der Waals surface area contributed by atoms with Crippen LogP contribution in [0.25, 0.3) is 0 Å². The summed E-state index contributed by atoms with van der Waals surface area (Å²) in [5, 5.41) is 3.27. The summed E-state index contributed by atoms with van der Waals surface area (Å²) in [4.78, 5) is 14.5. The molecule has 0 aromatic heterocycles. The lowest BCUT2D eigenvalue weighted by molar-refractivity contribution is -0.138. The minimum Gasteiger partial charge on any atom is -0.497 e. The number of benzene rings is 2. The molecule has 2 unspecified atom stereocenters. The highest BCUT2D eigenvalue weighted by Crippen LogP contribution is 2.29. The highest BCUT2D eigenvalue weighted by Gasteiger charge is 2.25. The Hall–Kier alpha value is -2.64. The molecular weight excluding hydrogens is 375 g/mol. The van der Waals surface area contributed by atoms with E-state index in [1.54, 1.807) is 31.3 Å². The van der Waals surface area contributed by atoms with Gasteiger partial charge < -0.3 is 24.4 Å². The number of ether oxygens (including phenoxy) is 3. The van der Waals surface area contributed by atoms with Crippen molar-refractivity contribution < 1.29 is 23.4 Å². The van der Waals surface area contributed by atoms with Crippen LogP contribution in [0.1, 0.15) is 30.2 Å². The smallest absolute Gasteiger partial charge is 0.236 e. The summed E-state index contributed by atoms with van der Waals surface area (Å²) in [7, 11) is 3.23. The first-order chi connectivity index (χ1) is 14.0. The fourth-order valence-electron chi connectivity index (χ4n) is 3.39. The lowest BCUT2D eigenvalue weighted by Crippen LogP contribution is -2.46. The molecule has 0 radical (unpaired) electrons. The molecule has 156 valence electrons. The van der Waals surface area contributed by atoms with Gasteiger partial charge in [-0.2, -0.15) is 0 Å². The Labute approximate surface area is 170 Å². The van der Waals surface area contributed by atoms with Gasteiger partial charge in [0.15, 0.2) is 0 Å². The summed E-state index contributed by atoms with van der Waals surface area (Å²) >= 11 is 0. The van der Waals surface area contributed by atoms with Crippen LogP contribution in [0.5, 0.6) is 11.5 Å². The topological polar surface area (TPSA) is 60.0 Å². The molecule has 1 amide bonds. The number of carbonyl (C=O) groups excluding carboxylic acids is 1. The van der Waals surface area contributed by atoms with Crippen LogP contribution >= 0.6 is 0 Å². The van der Waals surface area contributed by atoms with Gasteiger partial charge in [-0.15, -0.1) is 0 Å². The monoisotopic (exact) mass is 402 g/mol. The molecule has 0 aliphatic carbocycles. The normalized spacial score (nSPS) is 17.7. The first-order valence-electron chi connectivity index (χ1n) is 9.62. The molecule has 1 aliphatic rings. The molecule has 1 N–H and O–H groups in total. The van der Waals surface area contributed by atoms with Gasteiger partial charge in [0, 0.05) is 18.2 Å².